The van der Waals surface area contributed by atoms with Crippen molar-refractivity contribution in [1.29, 1.82) is 0 Å². The van der Waals surface area contributed by atoms with E-state index in [1.807, 2.05) is 25.7 Å². The number of carbonyl (C=O) groups excluding carboxylic acids is 1. The van der Waals surface area contributed by atoms with Crippen LogP contribution < -0.4 is 15.3 Å². The molecule has 6 rings (SSSR count). The van der Waals surface area contributed by atoms with Crippen LogP contribution in [0.3, 0.4) is 0 Å². The molecule has 0 saturated carbocycles. The number of phenols is 1. The second-order valence-electron chi connectivity index (χ2n) is 11.0. The molecule has 0 radical (unpaired) electrons. The fraction of sp³-hybridized carbons (Fsp3) is 0.323. The summed E-state index contributed by atoms with van der Waals surface area (Å²) < 4.78 is 22.9. The van der Waals surface area contributed by atoms with Crippen LogP contribution in [-0.4, -0.2) is 67.7 Å². The van der Waals surface area contributed by atoms with Gasteiger partial charge in [-0.05, 0) is 42.7 Å². The molecule has 10 nitrogen and oxygen atoms in total. The van der Waals surface area contributed by atoms with Crippen LogP contribution in [0, 0.1) is 12.7 Å². The topological polar surface area (TPSA) is 114 Å². The van der Waals surface area contributed by atoms with E-state index < -0.39 is 11.5 Å². The number of nitrogens with zero attached hydrogens (tertiary/aromatic N) is 6. The van der Waals surface area contributed by atoms with Crippen molar-refractivity contribution in [3.8, 4) is 28.4 Å². The number of aromatic nitrogens is 4. The van der Waals surface area contributed by atoms with Crippen molar-refractivity contribution in [2.45, 2.75) is 39.2 Å². The maximum absolute atomic E-state index is 15.2. The molecule has 222 valence electrons. The van der Waals surface area contributed by atoms with Gasteiger partial charge in [-0.25, -0.2) is 18.7 Å². The predicted octanol–water partition coefficient (Wildman–Crippen LogP) is 4.76. The van der Waals surface area contributed by atoms with Gasteiger partial charge in [-0.2, -0.15) is 4.98 Å². The first kappa shape index (κ1) is 28.6. The van der Waals surface area contributed by atoms with Crippen LogP contribution in [0.1, 0.15) is 37.4 Å². The van der Waals surface area contributed by atoms with Crippen molar-refractivity contribution in [3.63, 3.8) is 0 Å². The summed E-state index contributed by atoms with van der Waals surface area (Å²) >= 11 is 6.93. The van der Waals surface area contributed by atoms with Crippen LogP contribution in [0.25, 0.3) is 28.0 Å². The summed E-state index contributed by atoms with van der Waals surface area (Å²) in [6.45, 7) is 10.8. The minimum atomic E-state index is -0.738. The highest BCUT2D eigenvalue weighted by molar-refractivity contribution is 6.36. The Balaban J connectivity index is 1.72. The number of anilines is 1. The molecule has 1 unspecified atom stereocenters. The summed E-state index contributed by atoms with van der Waals surface area (Å²) in [6, 6.07) is 5.49. The monoisotopic (exact) mass is 604 g/mol. The van der Waals surface area contributed by atoms with E-state index in [9.17, 15) is 14.7 Å². The van der Waals surface area contributed by atoms with Crippen molar-refractivity contribution < 1.29 is 19.0 Å². The number of halogens is 2. The van der Waals surface area contributed by atoms with E-state index in [1.165, 1.54) is 28.8 Å². The maximum atomic E-state index is 15.2. The highest BCUT2D eigenvalue weighted by Crippen LogP contribution is 2.46. The average molecular weight is 605 g/mol. The highest BCUT2D eigenvalue weighted by Gasteiger charge is 2.36. The standard InChI is InChI=1S/C31H30ClFN6O4/c1-5-21(41)37-12-13-38-18(15-37)10-14-43-28-23-29(38)36-31(42)39(27-17(4)9-11-34-25(27)16(2)3)30(23)35-26(24(28)32)22-19(33)7-6-8-20(22)40/h5-9,11,16,18,40H,1,10,12-15H2,2-4H3. The van der Waals surface area contributed by atoms with Gasteiger partial charge in [0.15, 0.2) is 11.4 Å². The van der Waals surface area contributed by atoms with E-state index in [0.717, 1.165) is 5.56 Å². The third-order valence-corrected chi connectivity index (χ3v) is 8.35. The zero-order valence-electron chi connectivity index (χ0n) is 24.0. The van der Waals surface area contributed by atoms with E-state index in [0.29, 0.717) is 48.6 Å². The highest BCUT2D eigenvalue weighted by atomic mass is 35.5. The number of ether oxygens (including phenoxy) is 1. The number of pyridine rings is 2. The van der Waals surface area contributed by atoms with E-state index in [4.69, 9.17) is 21.3 Å². The Hall–Kier alpha value is -4.51. The van der Waals surface area contributed by atoms with Crippen LogP contribution in [0.2, 0.25) is 5.02 Å². The smallest absolute Gasteiger partial charge is 0.355 e. The van der Waals surface area contributed by atoms with Gasteiger partial charge in [-0.1, -0.05) is 38.1 Å². The van der Waals surface area contributed by atoms with Gasteiger partial charge in [-0.3, -0.25) is 9.78 Å². The van der Waals surface area contributed by atoms with Crippen molar-refractivity contribution in [2.75, 3.05) is 31.1 Å². The Bertz CT molecular complexity index is 1840. The molecular formula is C31H30ClFN6O4. The largest absolute Gasteiger partial charge is 0.507 e. The lowest BCUT2D eigenvalue weighted by Crippen LogP contribution is -2.56. The zero-order chi connectivity index (χ0) is 30.6. The number of rotatable bonds is 4. The number of phenolic OH excluding ortho intramolecular Hbond substituents is 1. The Morgan fingerprint density at radius 3 is 2.77 bits per heavy atom. The number of hydrogen-bond acceptors (Lipinski definition) is 8. The first-order valence-electron chi connectivity index (χ1n) is 14.0. The Morgan fingerprint density at radius 2 is 2.05 bits per heavy atom. The van der Waals surface area contributed by atoms with Gasteiger partial charge in [0.25, 0.3) is 0 Å². The Labute approximate surface area is 252 Å². The normalized spacial score (nSPS) is 16.5. The predicted molar refractivity (Wildman–Crippen MR) is 162 cm³/mol. The first-order valence-corrected chi connectivity index (χ1v) is 14.4. The quantitative estimate of drug-likeness (QED) is 0.332. The lowest BCUT2D eigenvalue weighted by molar-refractivity contribution is -0.126. The summed E-state index contributed by atoms with van der Waals surface area (Å²) in [5.41, 5.74) is 1.14. The third-order valence-electron chi connectivity index (χ3n) is 8.00. The molecule has 0 aliphatic carbocycles. The molecule has 1 atom stereocenters. The second-order valence-corrected chi connectivity index (χ2v) is 11.4. The van der Waals surface area contributed by atoms with E-state index >= 15 is 4.39 Å². The molecule has 12 heteroatoms. The summed E-state index contributed by atoms with van der Waals surface area (Å²) in [7, 11) is 0. The van der Waals surface area contributed by atoms with Crippen molar-refractivity contribution in [3.05, 3.63) is 75.7 Å². The molecular weight excluding hydrogens is 575 g/mol. The van der Waals surface area contributed by atoms with Crippen molar-refractivity contribution in [1.82, 2.24) is 24.4 Å². The number of carbonyl (C=O) groups is 1. The Kier molecular flexibility index (Phi) is 7.29. The summed E-state index contributed by atoms with van der Waals surface area (Å²) in [5, 5.41) is 11.1. The molecule has 5 heterocycles. The van der Waals surface area contributed by atoms with Crippen molar-refractivity contribution >= 4 is 34.4 Å². The molecule has 4 aromatic rings. The molecule has 1 saturated heterocycles. The number of hydrogen-bond donors (Lipinski definition) is 1. The molecule has 0 spiro atoms. The van der Waals surface area contributed by atoms with Gasteiger partial charge in [0.2, 0.25) is 5.91 Å². The van der Waals surface area contributed by atoms with Crippen LogP contribution in [0.15, 0.2) is 47.9 Å². The fourth-order valence-corrected chi connectivity index (χ4v) is 6.22. The number of benzene rings is 1. The molecule has 2 aliphatic rings. The number of fused-ring (bicyclic) bond motifs is 2. The van der Waals surface area contributed by atoms with Crippen molar-refractivity contribution in [2.24, 2.45) is 0 Å². The van der Waals surface area contributed by atoms with Crippen LogP contribution in [0.4, 0.5) is 10.2 Å². The number of piperazine rings is 1. The lowest BCUT2D eigenvalue weighted by Gasteiger charge is -2.43. The summed E-state index contributed by atoms with van der Waals surface area (Å²) in [5.74, 6) is -0.849. The molecule has 1 fully saturated rings. The number of aryl methyl sites for hydroxylation is 1. The van der Waals surface area contributed by atoms with Gasteiger partial charge in [0, 0.05) is 32.3 Å². The van der Waals surface area contributed by atoms with Gasteiger partial charge < -0.3 is 19.6 Å². The lowest BCUT2D eigenvalue weighted by atomic mass is 10.0. The van der Waals surface area contributed by atoms with Gasteiger partial charge in [0.05, 0.1) is 29.6 Å². The van der Waals surface area contributed by atoms with E-state index in [1.54, 1.807) is 17.2 Å². The van der Waals surface area contributed by atoms with Gasteiger partial charge >= 0.3 is 5.69 Å². The van der Waals surface area contributed by atoms with Gasteiger partial charge in [-0.15, -0.1) is 0 Å². The molecule has 0 bridgehead atoms. The minimum absolute atomic E-state index is 0.0212. The Morgan fingerprint density at radius 1 is 1.26 bits per heavy atom. The average Bonchev–Trinajstić information content (AvgIpc) is 2.97. The molecule has 2 aliphatic heterocycles. The zero-order valence-corrected chi connectivity index (χ0v) is 24.7. The molecule has 3 aromatic heterocycles. The molecule has 1 amide bonds. The van der Waals surface area contributed by atoms with E-state index in [-0.39, 0.29) is 57.9 Å². The number of amides is 1. The SMILES string of the molecule is C=CC(=O)N1CCN2c3nc(=O)n(-c4c(C)ccnc4C(C)C)c4nc(-c5c(O)cccc5F)c(Cl)c(c34)OCCC2C1. The summed E-state index contributed by atoms with van der Waals surface area (Å²) in [4.78, 5) is 44.2. The number of aromatic hydroxyl groups is 1. The van der Waals surface area contributed by atoms with Crippen LogP contribution in [0.5, 0.6) is 11.5 Å². The van der Waals surface area contributed by atoms with Crippen LogP contribution in [-0.2, 0) is 4.79 Å². The minimum Gasteiger partial charge on any atom is -0.507 e. The fourth-order valence-electron chi connectivity index (χ4n) is 5.93. The van der Waals surface area contributed by atoms with Crippen LogP contribution >= 0.6 is 11.6 Å². The molecule has 1 N–H and O–H groups in total. The maximum Gasteiger partial charge on any atom is 0.355 e. The second kappa shape index (κ2) is 11.0. The third kappa shape index (κ3) is 4.68. The molecule has 1 aromatic carbocycles. The first-order chi connectivity index (χ1) is 20.6. The van der Waals surface area contributed by atoms with E-state index in [2.05, 4.69) is 16.5 Å². The summed E-state index contributed by atoms with van der Waals surface area (Å²) in [6.07, 6.45) is 3.45. The molecule has 43 heavy (non-hydrogen) atoms. The van der Waals surface area contributed by atoms with Gasteiger partial charge in [0.1, 0.15) is 33.5 Å².